The van der Waals surface area contributed by atoms with Crippen molar-refractivity contribution in [3.05, 3.63) is 46.8 Å². The van der Waals surface area contributed by atoms with Crippen molar-refractivity contribution in [2.24, 2.45) is 5.92 Å². The molecule has 33 heavy (non-hydrogen) atoms. The number of alkyl halides is 3. The zero-order valence-corrected chi connectivity index (χ0v) is 18.9. The van der Waals surface area contributed by atoms with Crippen LogP contribution in [0.5, 0.6) is 0 Å². The molecule has 12 heteroatoms. The molecule has 0 atom stereocenters. The molecule has 0 spiro atoms. The van der Waals surface area contributed by atoms with Crippen LogP contribution >= 0.6 is 0 Å². The van der Waals surface area contributed by atoms with Crippen LogP contribution in [0.3, 0.4) is 0 Å². The summed E-state index contributed by atoms with van der Waals surface area (Å²) in [4.78, 5) is 13.7. The van der Waals surface area contributed by atoms with Crippen LogP contribution in [0.4, 0.5) is 13.2 Å². The lowest BCUT2D eigenvalue weighted by Gasteiger charge is -2.34. The van der Waals surface area contributed by atoms with Crippen molar-refractivity contribution in [2.45, 2.75) is 44.3 Å². The van der Waals surface area contributed by atoms with Crippen LogP contribution < -0.4 is 0 Å². The fourth-order valence-electron chi connectivity index (χ4n) is 3.91. The number of halogens is 3. The molecule has 1 aromatic carbocycles. The van der Waals surface area contributed by atoms with Crippen LogP contribution in [0.1, 0.15) is 35.4 Å². The molecule has 0 saturated carbocycles. The molecule has 2 aromatic rings. The van der Waals surface area contributed by atoms with Crippen molar-refractivity contribution in [2.75, 3.05) is 19.6 Å². The Kier molecular flexibility index (Phi) is 7.14. The molecule has 1 aliphatic rings. The lowest BCUT2D eigenvalue weighted by molar-refractivity contribution is -0.165. The Morgan fingerprint density at radius 1 is 1.24 bits per heavy atom. The van der Waals surface area contributed by atoms with Crippen molar-refractivity contribution >= 4 is 15.9 Å². The van der Waals surface area contributed by atoms with E-state index in [-0.39, 0.29) is 48.8 Å². The summed E-state index contributed by atoms with van der Waals surface area (Å²) in [6.45, 7) is 1.32. The summed E-state index contributed by atoms with van der Waals surface area (Å²) >= 11 is 0. The highest BCUT2D eigenvalue weighted by Crippen LogP contribution is 2.29. The fourth-order valence-corrected chi connectivity index (χ4v) is 5.67. The highest BCUT2D eigenvalue weighted by Gasteiger charge is 2.39. The molecule has 178 valence electrons. The summed E-state index contributed by atoms with van der Waals surface area (Å²) in [5.74, 6) is -1.25. The molecular formula is C21H23F3N4O4S. The van der Waals surface area contributed by atoms with Crippen LogP contribution in [0.15, 0.2) is 33.7 Å². The first kappa shape index (κ1) is 24.7. The summed E-state index contributed by atoms with van der Waals surface area (Å²) < 4.78 is 71.5. The molecule has 8 nitrogen and oxygen atoms in total. The number of hydrogen-bond acceptors (Lipinski definition) is 6. The van der Waals surface area contributed by atoms with Gasteiger partial charge in [0.25, 0.3) is 0 Å². The van der Waals surface area contributed by atoms with Crippen LogP contribution in [-0.4, -0.2) is 54.5 Å². The number of sulfonamides is 1. The van der Waals surface area contributed by atoms with E-state index in [1.165, 1.54) is 42.4 Å². The van der Waals surface area contributed by atoms with Gasteiger partial charge in [-0.05, 0) is 44.4 Å². The van der Waals surface area contributed by atoms with Gasteiger partial charge in [0.1, 0.15) is 17.1 Å². The van der Waals surface area contributed by atoms with E-state index < -0.39 is 34.6 Å². The Morgan fingerprint density at radius 3 is 2.33 bits per heavy atom. The highest BCUT2D eigenvalue weighted by molar-refractivity contribution is 7.89. The number of rotatable bonds is 6. The molecular weight excluding hydrogens is 461 g/mol. The topological polar surface area (TPSA) is 108 Å². The minimum atomic E-state index is -4.59. The standard InChI is InChI=1S/C21H23F3N4O4S/c1-14-19(15(2)32-26-14)33(30,31)28-9-7-18(8-10-28)20(29)27(13-21(22,23)24)12-17-5-3-16(11-25)4-6-17/h3-6,18H,7-10,12-13H2,1-2H3. The van der Waals surface area contributed by atoms with E-state index in [1.807, 2.05) is 6.07 Å². The monoisotopic (exact) mass is 484 g/mol. The van der Waals surface area contributed by atoms with Gasteiger partial charge in [-0.3, -0.25) is 4.79 Å². The maximum absolute atomic E-state index is 13.2. The summed E-state index contributed by atoms with van der Waals surface area (Å²) in [6.07, 6.45) is -4.39. The minimum absolute atomic E-state index is 0.000472. The number of hydrogen-bond donors (Lipinski definition) is 0. The molecule has 1 amide bonds. The molecule has 0 unspecified atom stereocenters. The van der Waals surface area contributed by atoms with Crippen molar-refractivity contribution in [3.63, 3.8) is 0 Å². The predicted molar refractivity (Wildman–Crippen MR) is 110 cm³/mol. The van der Waals surface area contributed by atoms with Gasteiger partial charge in [-0.25, -0.2) is 8.42 Å². The molecule has 0 aliphatic carbocycles. The third-order valence-corrected chi connectivity index (χ3v) is 7.65. The Hall–Kier alpha value is -2.91. The summed E-state index contributed by atoms with van der Waals surface area (Å²) in [5, 5.41) is 12.5. The quantitative estimate of drug-likeness (QED) is 0.623. The lowest BCUT2D eigenvalue weighted by Crippen LogP contribution is -2.46. The van der Waals surface area contributed by atoms with Crippen molar-refractivity contribution in [3.8, 4) is 6.07 Å². The number of aromatic nitrogens is 1. The predicted octanol–water partition coefficient (Wildman–Crippen LogP) is 3.15. The van der Waals surface area contributed by atoms with Gasteiger partial charge in [-0.15, -0.1) is 0 Å². The molecule has 0 radical (unpaired) electrons. The second kappa shape index (κ2) is 9.52. The third-order valence-electron chi connectivity index (χ3n) is 5.51. The number of piperidine rings is 1. The lowest BCUT2D eigenvalue weighted by atomic mass is 9.96. The number of aryl methyl sites for hydroxylation is 2. The van der Waals surface area contributed by atoms with Crippen LogP contribution in [0.25, 0.3) is 0 Å². The average Bonchev–Trinajstić information content (AvgIpc) is 3.11. The molecule has 1 aromatic heterocycles. The first-order chi connectivity index (χ1) is 15.4. The number of carbonyl (C=O) groups is 1. The fraction of sp³-hybridized carbons (Fsp3) is 0.476. The second-order valence-corrected chi connectivity index (χ2v) is 9.82. The number of nitriles is 1. The van der Waals surface area contributed by atoms with E-state index in [9.17, 15) is 26.4 Å². The smallest absolute Gasteiger partial charge is 0.360 e. The first-order valence-corrected chi connectivity index (χ1v) is 11.6. The van der Waals surface area contributed by atoms with Gasteiger partial charge in [0, 0.05) is 25.6 Å². The summed E-state index contributed by atoms with van der Waals surface area (Å²) in [6, 6.07) is 7.90. The normalized spacial score (nSPS) is 15.9. The zero-order chi connectivity index (χ0) is 24.4. The summed E-state index contributed by atoms with van der Waals surface area (Å²) in [7, 11) is -3.89. The SMILES string of the molecule is Cc1noc(C)c1S(=O)(=O)N1CCC(C(=O)N(Cc2ccc(C#N)cc2)CC(F)(F)F)CC1. The number of benzene rings is 1. The van der Waals surface area contributed by atoms with Gasteiger partial charge in [0.15, 0.2) is 5.76 Å². The first-order valence-electron chi connectivity index (χ1n) is 10.2. The highest BCUT2D eigenvalue weighted by atomic mass is 32.2. The van der Waals surface area contributed by atoms with Gasteiger partial charge in [-0.2, -0.15) is 22.7 Å². The van der Waals surface area contributed by atoms with Crippen molar-refractivity contribution < 1.29 is 30.9 Å². The van der Waals surface area contributed by atoms with Gasteiger partial charge in [0.2, 0.25) is 15.9 Å². The minimum Gasteiger partial charge on any atom is -0.360 e. The van der Waals surface area contributed by atoms with E-state index in [4.69, 9.17) is 9.78 Å². The van der Waals surface area contributed by atoms with E-state index in [0.717, 1.165) is 4.90 Å². The molecule has 0 N–H and O–H groups in total. The van der Waals surface area contributed by atoms with Crippen LogP contribution in [0.2, 0.25) is 0 Å². The largest absolute Gasteiger partial charge is 0.406 e. The van der Waals surface area contributed by atoms with E-state index >= 15 is 0 Å². The molecule has 2 heterocycles. The number of nitrogens with zero attached hydrogens (tertiary/aromatic N) is 4. The molecule has 1 aliphatic heterocycles. The van der Waals surface area contributed by atoms with Gasteiger partial charge in [0.05, 0.1) is 11.6 Å². The van der Waals surface area contributed by atoms with Gasteiger partial charge in [-0.1, -0.05) is 17.3 Å². The number of carbonyl (C=O) groups excluding carboxylic acids is 1. The van der Waals surface area contributed by atoms with Crippen molar-refractivity contribution in [1.29, 1.82) is 5.26 Å². The molecule has 1 saturated heterocycles. The summed E-state index contributed by atoms with van der Waals surface area (Å²) in [5.41, 5.74) is 1.05. The van der Waals surface area contributed by atoms with Gasteiger partial charge >= 0.3 is 6.18 Å². The van der Waals surface area contributed by atoms with E-state index in [0.29, 0.717) is 11.1 Å². The Bertz CT molecular complexity index is 1130. The van der Waals surface area contributed by atoms with E-state index in [1.54, 1.807) is 0 Å². The van der Waals surface area contributed by atoms with Crippen LogP contribution in [0, 0.1) is 31.1 Å². The molecule has 0 bridgehead atoms. The van der Waals surface area contributed by atoms with E-state index in [2.05, 4.69) is 5.16 Å². The Labute approximate surface area is 189 Å². The maximum atomic E-state index is 13.2. The van der Waals surface area contributed by atoms with Gasteiger partial charge < -0.3 is 9.42 Å². The molecule has 3 rings (SSSR count). The third kappa shape index (κ3) is 5.72. The zero-order valence-electron chi connectivity index (χ0n) is 18.1. The maximum Gasteiger partial charge on any atom is 0.406 e. The number of amides is 1. The van der Waals surface area contributed by atoms with Crippen LogP contribution in [-0.2, 0) is 21.4 Å². The Morgan fingerprint density at radius 2 is 1.85 bits per heavy atom. The Balaban J connectivity index is 1.72. The van der Waals surface area contributed by atoms with Crippen molar-refractivity contribution in [1.82, 2.24) is 14.4 Å². The average molecular weight is 485 g/mol. The molecule has 1 fully saturated rings. The second-order valence-electron chi connectivity index (χ2n) is 7.95.